The molecule has 0 N–H and O–H groups in total. The quantitative estimate of drug-likeness (QED) is 0.858. The van der Waals surface area contributed by atoms with Crippen LogP contribution in [0, 0.1) is 0 Å². The molecule has 2 aromatic rings. The fraction of sp³-hybridized carbons (Fsp3) is 0.250. The summed E-state index contributed by atoms with van der Waals surface area (Å²) in [6.07, 6.45) is -4.65. The summed E-state index contributed by atoms with van der Waals surface area (Å²) in [5, 5.41) is 1.90. The number of hydrogen-bond donors (Lipinski definition) is 0. The number of halogens is 3. The molecular weight excluding hydrogens is 277 g/mol. The van der Waals surface area contributed by atoms with Crippen LogP contribution in [-0.2, 0) is 6.54 Å². The highest BCUT2D eigenvalue weighted by Crippen LogP contribution is 2.23. The van der Waals surface area contributed by atoms with Crippen molar-refractivity contribution in [3.05, 3.63) is 40.7 Å². The maximum atomic E-state index is 12.0. The van der Waals surface area contributed by atoms with Crippen molar-refractivity contribution in [3.63, 3.8) is 0 Å². The van der Waals surface area contributed by atoms with E-state index in [1.807, 2.05) is 17.3 Å². The first-order chi connectivity index (χ1) is 8.94. The number of benzene rings is 1. The van der Waals surface area contributed by atoms with Gasteiger partial charge in [-0.3, -0.25) is 0 Å². The zero-order valence-corrected chi connectivity index (χ0v) is 10.8. The van der Waals surface area contributed by atoms with Gasteiger partial charge >= 0.3 is 6.36 Å². The van der Waals surface area contributed by atoms with Crippen LogP contribution in [0.2, 0.25) is 0 Å². The van der Waals surface area contributed by atoms with Crippen molar-refractivity contribution >= 4 is 17.2 Å². The first-order valence-electron chi connectivity index (χ1n) is 5.38. The van der Waals surface area contributed by atoms with Crippen molar-refractivity contribution in [1.82, 2.24) is 4.98 Å². The van der Waals surface area contributed by atoms with Gasteiger partial charge in [-0.25, -0.2) is 4.98 Å². The maximum absolute atomic E-state index is 12.0. The number of nitrogens with zero attached hydrogens (tertiary/aromatic N) is 2. The molecule has 1 aromatic heterocycles. The van der Waals surface area contributed by atoms with Gasteiger partial charge in [-0.1, -0.05) is 12.1 Å². The predicted molar refractivity (Wildman–Crippen MR) is 67.3 cm³/mol. The summed E-state index contributed by atoms with van der Waals surface area (Å²) in [6, 6.07) is 5.81. The lowest BCUT2D eigenvalue weighted by Crippen LogP contribution is -2.18. The van der Waals surface area contributed by atoms with Gasteiger partial charge in [0.25, 0.3) is 0 Å². The van der Waals surface area contributed by atoms with E-state index in [4.69, 9.17) is 0 Å². The number of aromatic nitrogens is 1. The van der Waals surface area contributed by atoms with E-state index in [9.17, 15) is 13.2 Å². The van der Waals surface area contributed by atoms with Crippen molar-refractivity contribution in [2.75, 3.05) is 11.9 Å². The molecular formula is C12H11F3N2OS. The summed E-state index contributed by atoms with van der Waals surface area (Å²) < 4.78 is 39.8. The minimum absolute atomic E-state index is 0.215. The molecule has 0 radical (unpaired) electrons. The molecule has 0 spiro atoms. The Morgan fingerprint density at radius 3 is 2.47 bits per heavy atom. The average molecular weight is 288 g/mol. The number of anilines is 1. The number of alkyl halides is 3. The second kappa shape index (κ2) is 5.48. The summed E-state index contributed by atoms with van der Waals surface area (Å²) in [5.41, 5.74) is 2.61. The Morgan fingerprint density at radius 2 is 1.95 bits per heavy atom. The Kier molecular flexibility index (Phi) is 3.94. The van der Waals surface area contributed by atoms with E-state index < -0.39 is 6.36 Å². The minimum Gasteiger partial charge on any atom is -0.406 e. The molecule has 0 bridgehead atoms. The summed E-state index contributed by atoms with van der Waals surface area (Å²) >= 11 is 1.49. The molecule has 102 valence electrons. The van der Waals surface area contributed by atoms with Crippen LogP contribution in [0.4, 0.5) is 19.0 Å². The lowest BCUT2D eigenvalue weighted by molar-refractivity contribution is -0.274. The molecule has 7 heteroatoms. The van der Waals surface area contributed by atoms with E-state index in [-0.39, 0.29) is 5.75 Å². The second-order valence-electron chi connectivity index (χ2n) is 3.89. The standard InChI is InChI=1S/C12H11F3N2OS/c1-17(11-7-19-8-16-11)6-9-2-4-10(5-3-9)18-12(13,14)15/h2-5,7-8H,6H2,1H3. The van der Waals surface area contributed by atoms with Crippen molar-refractivity contribution in [1.29, 1.82) is 0 Å². The van der Waals surface area contributed by atoms with Crippen molar-refractivity contribution in [2.24, 2.45) is 0 Å². The zero-order valence-electron chi connectivity index (χ0n) is 10.0. The fourth-order valence-corrected chi connectivity index (χ4v) is 2.14. The minimum atomic E-state index is -4.65. The lowest BCUT2D eigenvalue weighted by Gasteiger charge is -2.16. The predicted octanol–water partition coefficient (Wildman–Crippen LogP) is 3.68. The summed E-state index contributed by atoms with van der Waals surface area (Å²) in [5.74, 6) is 0.619. The number of rotatable bonds is 4. The number of ether oxygens (including phenoxy) is 1. The molecule has 0 fully saturated rings. The van der Waals surface area contributed by atoms with Crippen LogP contribution in [0.3, 0.4) is 0 Å². The van der Waals surface area contributed by atoms with E-state index in [1.54, 1.807) is 17.6 Å². The highest BCUT2D eigenvalue weighted by Gasteiger charge is 2.30. The summed E-state index contributed by atoms with van der Waals surface area (Å²) in [4.78, 5) is 6.06. The molecule has 0 unspecified atom stereocenters. The normalized spacial score (nSPS) is 11.4. The molecule has 0 amide bonds. The molecule has 2 rings (SSSR count). The van der Waals surface area contributed by atoms with Crippen LogP contribution in [0.1, 0.15) is 5.56 Å². The van der Waals surface area contributed by atoms with Crippen LogP contribution >= 0.6 is 11.3 Å². The Labute approximate surface area is 112 Å². The van der Waals surface area contributed by atoms with Crippen molar-refractivity contribution < 1.29 is 17.9 Å². The third-order valence-electron chi connectivity index (χ3n) is 2.39. The first kappa shape index (κ1) is 13.7. The maximum Gasteiger partial charge on any atom is 0.573 e. The van der Waals surface area contributed by atoms with Gasteiger partial charge < -0.3 is 9.64 Å². The molecule has 1 aromatic carbocycles. The van der Waals surface area contributed by atoms with Gasteiger partial charge in [-0.2, -0.15) is 0 Å². The molecule has 0 aliphatic rings. The van der Waals surface area contributed by atoms with E-state index in [1.165, 1.54) is 23.5 Å². The monoisotopic (exact) mass is 288 g/mol. The van der Waals surface area contributed by atoms with Gasteiger partial charge in [-0.15, -0.1) is 24.5 Å². The lowest BCUT2D eigenvalue weighted by atomic mass is 10.2. The fourth-order valence-electron chi connectivity index (χ4n) is 1.55. The van der Waals surface area contributed by atoms with Crippen LogP contribution in [0.5, 0.6) is 5.75 Å². The van der Waals surface area contributed by atoms with Crippen molar-refractivity contribution in [2.45, 2.75) is 12.9 Å². The second-order valence-corrected chi connectivity index (χ2v) is 4.61. The van der Waals surface area contributed by atoms with Gasteiger partial charge in [0.1, 0.15) is 11.6 Å². The van der Waals surface area contributed by atoms with Gasteiger partial charge in [0.2, 0.25) is 0 Å². The Hall–Kier alpha value is -1.76. The van der Waals surface area contributed by atoms with E-state index in [2.05, 4.69) is 9.72 Å². The first-order valence-corrected chi connectivity index (χ1v) is 6.32. The van der Waals surface area contributed by atoms with Gasteiger partial charge in [0.15, 0.2) is 0 Å². The highest BCUT2D eigenvalue weighted by molar-refractivity contribution is 7.07. The van der Waals surface area contributed by atoms with Gasteiger partial charge in [-0.05, 0) is 17.7 Å². The van der Waals surface area contributed by atoms with Crippen LogP contribution in [-0.4, -0.2) is 18.4 Å². The molecule has 0 saturated carbocycles. The zero-order chi connectivity index (χ0) is 13.9. The average Bonchev–Trinajstić information content (AvgIpc) is 2.83. The summed E-state index contributed by atoms with van der Waals surface area (Å²) in [7, 11) is 1.87. The van der Waals surface area contributed by atoms with E-state index >= 15 is 0 Å². The molecule has 19 heavy (non-hydrogen) atoms. The Morgan fingerprint density at radius 1 is 1.26 bits per heavy atom. The molecule has 1 heterocycles. The molecule has 0 aliphatic heterocycles. The topological polar surface area (TPSA) is 25.4 Å². The van der Waals surface area contributed by atoms with Gasteiger partial charge in [0, 0.05) is 19.0 Å². The highest BCUT2D eigenvalue weighted by atomic mass is 32.1. The van der Waals surface area contributed by atoms with E-state index in [0.29, 0.717) is 6.54 Å². The van der Waals surface area contributed by atoms with Crippen LogP contribution in [0.15, 0.2) is 35.2 Å². The molecule has 0 aliphatic carbocycles. The molecule has 3 nitrogen and oxygen atoms in total. The SMILES string of the molecule is CN(Cc1ccc(OC(F)(F)F)cc1)c1cscn1. The van der Waals surface area contributed by atoms with Gasteiger partial charge in [0.05, 0.1) is 5.51 Å². The van der Waals surface area contributed by atoms with Crippen LogP contribution in [0.25, 0.3) is 0 Å². The summed E-state index contributed by atoms with van der Waals surface area (Å²) in [6.45, 7) is 0.566. The third-order valence-corrected chi connectivity index (χ3v) is 2.96. The third kappa shape index (κ3) is 4.13. The Bertz CT molecular complexity index is 511. The number of hydrogen-bond acceptors (Lipinski definition) is 4. The smallest absolute Gasteiger partial charge is 0.406 e. The van der Waals surface area contributed by atoms with E-state index in [0.717, 1.165) is 11.4 Å². The molecule has 0 saturated heterocycles. The largest absolute Gasteiger partial charge is 0.573 e. The Balaban J connectivity index is 1.99. The van der Waals surface area contributed by atoms with Crippen molar-refractivity contribution in [3.8, 4) is 5.75 Å². The van der Waals surface area contributed by atoms with Crippen LogP contribution < -0.4 is 9.64 Å². The number of thiazole rings is 1. The molecule has 0 atom stereocenters.